The molecule has 22 heavy (non-hydrogen) atoms. The van der Waals surface area contributed by atoms with E-state index in [1.807, 2.05) is 0 Å². The van der Waals surface area contributed by atoms with Crippen LogP contribution in [0.25, 0.3) is 0 Å². The number of carbonyl (C=O) groups is 3. The first kappa shape index (κ1) is 15.6. The van der Waals surface area contributed by atoms with Crippen molar-refractivity contribution in [1.82, 2.24) is 10.2 Å². The van der Waals surface area contributed by atoms with E-state index in [9.17, 15) is 14.4 Å². The van der Waals surface area contributed by atoms with E-state index in [4.69, 9.17) is 14.6 Å². The van der Waals surface area contributed by atoms with Gasteiger partial charge in [0.1, 0.15) is 24.9 Å². The number of carboxylic acids is 1. The molecule has 1 aromatic carbocycles. The van der Waals surface area contributed by atoms with Crippen LogP contribution in [-0.4, -0.2) is 54.3 Å². The summed E-state index contributed by atoms with van der Waals surface area (Å²) in [6, 6.07) is 6.24. The van der Waals surface area contributed by atoms with Crippen LogP contribution in [0.5, 0.6) is 5.75 Å². The van der Waals surface area contributed by atoms with Gasteiger partial charge in [0.2, 0.25) is 5.91 Å². The molecule has 0 unspecified atom stereocenters. The van der Waals surface area contributed by atoms with E-state index in [-0.39, 0.29) is 13.2 Å². The first-order valence-electron chi connectivity index (χ1n) is 6.57. The number of hydrogen-bond donors (Lipinski definition) is 2. The third-order valence-electron chi connectivity index (χ3n) is 3.23. The van der Waals surface area contributed by atoms with Crippen LogP contribution in [0.3, 0.4) is 0 Å². The normalized spacial score (nSPS) is 17.0. The third kappa shape index (κ3) is 3.46. The predicted octanol–water partition coefficient (Wildman–Crippen LogP) is 0.217. The molecule has 1 aliphatic heterocycles. The third-order valence-corrected chi connectivity index (χ3v) is 3.23. The maximum atomic E-state index is 12.0. The lowest BCUT2D eigenvalue weighted by Gasteiger charge is -2.21. The molecule has 1 heterocycles. The van der Waals surface area contributed by atoms with E-state index in [1.54, 1.807) is 24.3 Å². The quantitative estimate of drug-likeness (QED) is 0.778. The molecule has 8 heteroatoms. The second-order valence-corrected chi connectivity index (χ2v) is 4.64. The van der Waals surface area contributed by atoms with Crippen molar-refractivity contribution in [3.8, 4) is 5.75 Å². The molecule has 2 amide bonds. The number of carbonyl (C=O) groups excluding carboxylic acids is 2. The molecule has 0 spiro atoms. The van der Waals surface area contributed by atoms with Gasteiger partial charge in [-0.2, -0.15) is 0 Å². The van der Waals surface area contributed by atoms with E-state index in [0.29, 0.717) is 5.75 Å². The predicted molar refractivity (Wildman–Crippen MR) is 74.3 cm³/mol. The second kappa shape index (κ2) is 6.79. The fraction of sp³-hybridized carbons (Fsp3) is 0.357. The van der Waals surface area contributed by atoms with Crippen molar-refractivity contribution in [2.24, 2.45) is 0 Å². The summed E-state index contributed by atoms with van der Waals surface area (Å²) in [4.78, 5) is 35.5. The first-order valence-corrected chi connectivity index (χ1v) is 6.57. The van der Waals surface area contributed by atoms with Crippen molar-refractivity contribution in [3.63, 3.8) is 0 Å². The number of ether oxygens (including phenoxy) is 2. The summed E-state index contributed by atoms with van der Waals surface area (Å²) >= 11 is 0. The van der Waals surface area contributed by atoms with Crippen LogP contribution >= 0.6 is 0 Å². The molecule has 0 bridgehead atoms. The molecule has 1 saturated heterocycles. The van der Waals surface area contributed by atoms with Gasteiger partial charge in [0.05, 0.1) is 13.7 Å². The van der Waals surface area contributed by atoms with E-state index in [1.165, 1.54) is 12.0 Å². The average Bonchev–Trinajstić information content (AvgIpc) is 2.86. The van der Waals surface area contributed by atoms with Gasteiger partial charge in [-0.05, 0) is 6.07 Å². The molecule has 0 aromatic heterocycles. The number of cyclic esters (lactones) is 1. The van der Waals surface area contributed by atoms with Crippen LogP contribution in [0.4, 0.5) is 4.79 Å². The number of carboxylic acid groups (broad SMARTS) is 1. The summed E-state index contributed by atoms with van der Waals surface area (Å²) in [5.41, 5.74) is 0.722. The summed E-state index contributed by atoms with van der Waals surface area (Å²) in [6.07, 6.45) is -0.624. The van der Waals surface area contributed by atoms with Gasteiger partial charge in [-0.3, -0.25) is 14.5 Å². The van der Waals surface area contributed by atoms with Crippen LogP contribution in [0.2, 0.25) is 0 Å². The summed E-state index contributed by atoms with van der Waals surface area (Å²) in [5, 5.41) is 10.8. The Morgan fingerprint density at radius 2 is 2.18 bits per heavy atom. The minimum atomic E-state index is -1.16. The molecule has 1 fully saturated rings. The Labute approximate surface area is 126 Å². The highest BCUT2D eigenvalue weighted by molar-refractivity contribution is 5.89. The monoisotopic (exact) mass is 308 g/mol. The summed E-state index contributed by atoms with van der Waals surface area (Å²) in [7, 11) is 1.51. The van der Waals surface area contributed by atoms with Gasteiger partial charge in [-0.15, -0.1) is 0 Å². The standard InChI is InChI=1S/C14H16N2O6/c1-21-11-5-3-2-4-9(11)7-16-10(8-22-14(16)20)13(19)15-6-12(17)18/h2-5,10H,6-8H2,1H3,(H,15,19)(H,17,18)/t10-/m0/s1. The number of rotatable bonds is 6. The summed E-state index contributed by atoms with van der Waals surface area (Å²) in [6.45, 7) is -0.487. The zero-order valence-electron chi connectivity index (χ0n) is 11.9. The fourth-order valence-electron chi connectivity index (χ4n) is 2.14. The van der Waals surface area contributed by atoms with Gasteiger partial charge in [0.15, 0.2) is 0 Å². The van der Waals surface area contributed by atoms with Crippen LogP contribution in [-0.2, 0) is 20.9 Å². The van der Waals surface area contributed by atoms with Gasteiger partial charge in [0.25, 0.3) is 0 Å². The second-order valence-electron chi connectivity index (χ2n) is 4.64. The molecule has 8 nitrogen and oxygen atoms in total. The number of aliphatic carboxylic acids is 1. The molecule has 0 aliphatic carbocycles. The van der Waals surface area contributed by atoms with Crippen molar-refractivity contribution < 1.29 is 29.0 Å². The molecule has 2 N–H and O–H groups in total. The van der Waals surface area contributed by atoms with Crippen LogP contribution in [0.15, 0.2) is 24.3 Å². The topological polar surface area (TPSA) is 105 Å². The lowest BCUT2D eigenvalue weighted by molar-refractivity contribution is -0.138. The molecular formula is C14H16N2O6. The Hall–Kier alpha value is -2.77. The van der Waals surface area contributed by atoms with Crippen molar-refractivity contribution in [2.75, 3.05) is 20.3 Å². The number of para-hydroxylation sites is 1. The number of nitrogens with one attached hydrogen (secondary N) is 1. The molecular weight excluding hydrogens is 292 g/mol. The maximum Gasteiger partial charge on any atom is 0.410 e. The van der Waals surface area contributed by atoms with Gasteiger partial charge in [-0.25, -0.2) is 4.79 Å². The number of hydrogen-bond acceptors (Lipinski definition) is 5. The number of benzene rings is 1. The highest BCUT2D eigenvalue weighted by Gasteiger charge is 2.38. The highest BCUT2D eigenvalue weighted by Crippen LogP contribution is 2.23. The van der Waals surface area contributed by atoms with E-state index >= 15 is 0 Å². The molecule has 118 valence electrons. The summed E-state index contributed by atoms with van der Waals surface area (Å²) in [5.74, 6) is -1.13. The van der Waals surface area contributed by atoms with Crippen molar-refractivity contribution in [1.29, 1.82) is 0 Å². The van der Waals surface area contributed by atoms with Crippen molar-refractivity contribution in [3.05, 3.63) is 29.8 Å². The lowest BCUT2D eigenvalue weighted by atomic mass is 10.1. The van der Waals surface area contributed by atoms with Crippen LogP contribution in [0, 0.1) is 0 Å². The van der Waals surface area contributed by atoms with Gasteiger partial charge < -0.3 is 19.9 Å². The van der Waals surface area contributed by atoms with E-state index in [0.717, 1.165) is 5.56 Å². The Morgan fingerprint density at radius 3 is 2.86 bits per heavy atom. The van der Waals surface area contributed by atoms with Gasteiger partial charge >= 0.3 is 12.1 Å². The van der Waals surface area contributed by atoms with E-state index in [2.05, 4.69) is 5.32 Å². The van der Waals surface area contributed by atoms with Crippen molar-refractivity contribution >= 4 is 18.0 Å². The van der Waals surface area contributed by atoms with E-state index < -0.39 is 30.6 Å². The lowest BCUT2D eigenvalue weighted by Crippen LogP contribution is -2.46. The molecule has 0 saturated carbocycles. The summed E-state index contributed by atoms with van der Waals surface area (Å²) < 4.78 is 10.1. The molecule has 1 atom stereocenters. The van der Waals surface area contributed by atoms with Crippen molar-refractivity contribution in [2.45, 2.75) is 12.6 Å². The average molecular weight is 308 g/mol. The Bertz CT molecular complexity index is 588. The Balaban J connectivity index is 2.11. The number of amides is 2. The van der Waals surface area contributed by atoms with Gasteiger partial charge in [0, 0.05) is 5.56 Å². The number of methoxy groups -OCH3 is 1. The SMILES string of the molecule is COc1ccccc1CN1C(=O)OC[C@H]1C(=O)NCC(=O)O. The fourth-order valence-corrected chi connectivity index (χ4v) is 2.14. The zero-order chi connectivity index (χ0) is 16.1. The minimum Gasteiger partial charge on any atom is -0.496 e. The first-order chi connectivity index (χ1) is 10.5. The number of nitrogens with zero attached hydrogens (tertiary/aromatic N) is 1. The molecule has 2 rings (SSSR count). The Kier molecular flexibility index (Phi) is 4.82. The largest absolute Gasteiger partial charge is 0.496 e. The highest BCUT2D eigenvalue weighted by atomic mass is 16.6. The maximum absolute atomic E-state index is 12.0. The van der Waals surface area contributed by atoms with Gasteiger partial charge in [-0.1, -0.05) is 18.2 Å². The molecule has 1 aromatic rings. The molecule has 1 aliphatic rings. The van der Waals surface area contributed by atoms with Crippen LogP contribution < -0.4 is 10.1 Å². The minimum absolute atomic E-state index is 0.112. The zero-order valence-corrected chi connectivity index (χ0v) is 11.9. The smallest absolute Gasteiger partial charge is 0.410 e. The Morgan fingerprint density at radius 1 is 1.45 bits per heavy atom. The molecule has 0 radical (unpaired) electrons. The van der Waals surface area contributed by atoms with Crippen LogP contribution in [0.1, 0.15) is 5.56 Å².